The highest BCUT2D eigenvalue weighted by Crippen LogP contribution is 2.33. The third-order valence-electron chi connectivity index (χ3n) is 4.85. The van der Waals surface area contributed by atoms with Crippen LogP contribution in [0.15, 0.2) is 62.8 Å². The molecule has 0 saturated heterocycles. The third kappa shape index (κ3) is 4.67. The predicted octanol–water partition coefficient (Wildman–Crippen LogP) is 2.32. The lowest BCUT2D eigenvalue weighted by Crippen LogP contribution is -2.39. The zero-order valence-corrected chi connectivity index (χ0v) is 19.4. The molecule has 0 radical (unpaired) electrons. The summed E-state index contributed by atoms with van der Waals surface area (Å²) >= 11 is 2.68. The van der Waals surface area contributed by atoms with Gasteiger partial charge in [-0.15, -0.1) is 11.3 Å². The van der Waals surface area contributed by atoms with Gasteiger partial charge in [-0.1, -0.05) is 29.5 Å². The molecule has 4 rings (SSSR count). The van der Waals surface area contributed by atoms with E-state index >= 15 is 0 Å². The molecule has 1 aliphatic rings. The van der Waals surface area contributed by atoms with Crippen molar-refractivity contribution in [2.24, 2.45) is 4.99 Å². The van der Waals surface area contributed by atoms with Crippen LogP contribution in [0, 0.1) is 0 Å². The number of ether oxygens (including phenoxy) is 2. The second-order valence-corrected chi connectivity index (χ2v) is 9.06. The molecule has 1 aromatic carbocycles. The first-order valence-corrected chi connectivity index (χ1v) is 11.8. The fourth-order valence-corrected chi connectivity index (χ4v) is 5.37. The van der Waals surface area contributed by atoms with Crippen molar-refractivity contribution in [2.45, 2.75) is 19.9 Å². The lowest BCUT2D eigenvalue weighted by Gasteiger charge is -2.23. The van der Waals surface area contributed by atoms with Crippen molar-refractivity contribution in [3.05, 3.63) is 83.2 Å². The van der Waals surface area contributed by atoms with Crippen LogP contribution in [-0.4, -0.2) is 34.8 Å². The number of thiazole rings is 1. The van der Waals surface area contributed by atoms with E-state index in [-0.39, 0.29) is 12.2 Å². The van der Waals surface area contributed by atoms with E-state index in [1.165, 1.54) is 27.2 Å². The van der Waals surface area contributed by atoms with E-state index in [2.05, 4.69) is 4.99 Å². The van der Waals surface area contributed by atoms with Gasteiger partial charge in [0.05, 0.1) is 22.4 Å². The minimum absolute atomic E-state index is 0.220. The van der Waals surface area contributed by atoms with Gasteiger partial charge in [-0.25, -0.2) is 14.6 Å². The number of carbonyl (C=O) groups is 2. The van der Waals surface area contributed by atoms with Gasteiger partial charge in [-0.3, -0.25) is 9.36 Å². The SMILES string of the molecule is CCOC(=O)C1=C(C)N=c2s/c(=C/c3cccc(OCC(=O)O)c3)c(=O)n2C1c1cccs1. The number of hydrogen-bond acceptors (Lipinski definition) is 8. The Labute approximate surface area is 196 Å². The largest absolute Gasteiger partial charge is 0.482 e. The van der Waals surface area contributed by atoms with Crippen LogP contribution in [0.2, 0.25) is 0 Å². The molecule has 8 nitrogen and oxygen atoms in total. The summed E-state index contributed by atoms with van der Waals surface area (Å²) in [5.74, 6) is -1.18. The van der Waals surface area contributed by atoms with Crippen LogP contribution in [-0.2, 0) is 14.3 Å². The molecule has 2 aromatic heterocycles. The minimum Gasteiger partial charge on any atom is -0.482 e. The Bertz CT molecular complexity index is 1420. The number of carboxylic acid groups (broad SMARTS) is 1. The molecular formula is C23H20N2O6S2. The van der Waals surface area contributed by atoms with Gasteiger partial charge in [0, 0.05) is 4.88 Å². The number of allylic oxidation sites excluding steroid dienone is 1. The van der Waals surface area contributed by atoms with Gasteiger partial charge in [-0.05, 0) is 49.1 Å². The lowest BCUT2D eigenvalue weighted by molar-refractivity contribution is -0.140. The summed E-state index contributed by atoms with van der Waals surface area (Å²) in [5.41, 5.74) is 1.27. The van der Waals surface area contributed by atoms with Crippen LogP contribution in [0.5, 0.6) is 5.75 Å². The molecule has 1 unspecified atom stereocenters. The lowest BCUT2D eigenvalue weighted by atomic mass is 10.0. The first-order valence-electron chi connectivity index (χ1n) is 10.1. The van der Waals surface area contributed by atoms with E-state index in [0.717, 1.165) is 4.88 Å². The first-order chi connectivity index (χ1) is 15.9. The average molecular weight is 485 g/mol. The Kier molecular flexibility index (Phi) is 6.57. The first kappa shape index (κ1) is 22.7. The Morgan fingerprint density at radius 1 is 1.27 bits per heavy atom. The number of aliphatic carboxylic acids is 1. The van der Waals surface area contributed by atoms with Crippen molar-refractivity contribution < 1.29 is 24.2 Å². The molecule has 1 aliphatic heterocycles. The van der Waals surface area contributed by atoms with Crippen molar-refractivity contribution in [3.8, 4) is 5.75 Å². The molecule has 3 heterocycles. The number of esters is 1. The van der Waals surface area contributed by atoms with E-state index in [1.54, 1.807) is 44.2 Å². The van der Waals surface area contributed by atoms with Gasteiger partial charge in [0.1, 0.15) is 11.8 Å². The van der Waals surface area contributed by atoms with Gasteiger partial charge >= 0.3 is 11.9 Å². The maximum atomic E-state index is 13.5. The number of benzene rings is 1. The summed E-state index contributed by atoms with van der Waals surface area (Å²) in [5, 5.41) is 10.7. The van der Waals surface area contributed by atoms with Crippen LogP contribution >= 0.6 is 22.7 Å². The smallest absolute Gasteiger partial charge is 0.341 e. The molecular weight excluding hydrogens is 464 g/mol. The monoisotopic (exact) mass is 484 g/mol. The highest BCUT2D eigenvalue weighted by atomic mass is 32.1. The number of rotatable bonds is 7. The van der Waals surface area contributed by atoms with E-state index in [0.29, 0.717) is 31.9 Å². The van der Waals surface area contributed by atoms with Gasteiger partial charge in [0.15, 0.2) is 11.4 Å². The number of carbonyl (C=O) groups excluding carboxylic acids is 1. The Morgan fingerprint density at radius 2 is 2.09 bits per heavy atom. The van der Waals surface area contributed by atoms with Crippen molar-refractivity contribution in [1.82, 2.24) is 4.57 Å². The van der Waals surface area contributed by atoms with Crippen LogP contribution in [0.3, 0.4) is 0 Å². The molecule has 0 fully saturated rings. The molecule has 3 aromatic rings. The molecule has 0 saturated carbocycles. The highest BCUT2D eigenvalue weighted by molar-refractivity contribution is 7.10. The number of nitrogens with zero attached hydrogens (tertiary/aromatic N) is 2. The minimum atomic E-state index is -1.07. The standard InChI is InChI=1S/C23H20N2O6S2/c1-3-30-22(29)19-13(2)24-23-25(20(19)16-8-5-9-32-16)21(28)17(33-23)11-14-6-4-7-15(10-14)31-12-18(26)27/h4-11,20H,3,12H2,1-2H3,(H,26,27)/b17-11+. The van der Waals surface area contributed by atoms with Gasteiger partial charge in [-0.2, -0.15) is 0 Å². The zero-order chi connectivity index (χ0) is 23.5. The summed E-state index contributed by atoms with van der Waals surface area (Å²) in [6.07, 6.45) is 1.70. The molecule has 1 atom stereocenters. The normalized spacial score (nSPS) is 15.7. The van der Waals surface area contributed by atoms with Crippen LogP contribution in [0.25, 0.3) is 6.08 Å². The zero-order valence-electron chi connectivity index (χ0n) is 17.8. The molecule has 0 amide bonds. The van der Waals surface area contributed by atoms with E-state index < -0.39 is 24.6 Å². The summed E-state index contributed by atoms with van der Waals surface area (Å²) in [4.78, 5) is 42.8. The van der Waals surface area contributed by atoms with Crippen LogP contribution < -0.4 is 19.6 Å². The summed E-state index contributed by atoms with van der Waals surface area (Å²) < 4.78 is 12.5. The number of aromatic nitrogens is 1. The molecule has 0 spiro atoms. The second kappa shape index (κ2) is 9.55. The Balaban J connectivity index is 1.83. The number of carboxylic acids is 1. The van der Waals surface area contributed by atoms with E-state index in [1.807, 2.05) is 17.5 Å². The molecule has 33 heavy (non-hydrogen) atoms. The van der Waals surface area contributed by atoms with Crippen LogP contribution in [0.1, 0.15) is 30.3 Å². The fourth-order valence-electron chi connectivity index (χ4n) is 3.50. The second-order valence-electron chi connectivity index (χ2n) is 7.07. The molecule has 0 bridgehead atoms. The Morgan fingerprint density at radius 3 is 2.79 bits per heavy atom. The van der Waals surface area contributed by atoms with E-state index in [9.17, 15) is 14.4 Å². The quantitative estimate of drug-likeness (QED) is 0.516. The van der Waals surface area contributed by atoms with Crippen LogP contribution in [0.4, 0.5) is 0 Å². The summed E-state index contributed by atoms with van der Waals surface area (Å²) in [7, 11) is 0. The summed E-state index contributed by atoms with van der Waals surface area (Å²) in [6.45, 7) is 3.24. The van der Waals surface area contributed by atoms with Crippen molar-refractivity contribution in [1.29, 1.82) is 0 Å². The van der Waals surface area contributed by atoms with Crippen molar-refractivity contribution in [3.63, 3.8) is 0 Å². The predicted molar refractivity (Wildman–Crippen MR) is 124 cm³/mol. The third-order valence-corrected chi connectivity index (χ3v) is 6.76. The number of fused-ring (bicyclic) bond motifs is 1. The molecule has 1 N–H and O–H groups in total. The Hall–Kier alpha value is -3.50. The van der Waals surface area contributed by atoms with Crippen molar-refractivity contribution >= 4 is 40.7 Å². The molecule has 10 heteroatoms. The molecule has 170 valence electrons. The number of thiophene rings is 1. The van der Waals surface area contributed by atoms with E-state index in [4.69, 9.17) is 14.6 Å². The van der Waals surface area contributed by atoms with Gasteiger partial charge in [0.25, 0.3) is 5.56 Å². The highest BCUT2D eigenvalue weighted by Gasteiger charge is 2.33. The topological polar surface area (TPSA) is 107 Å². The fraction of sp³-hybridized carbons (Fsp3) is 0.217. The molecule has 0 aliphatic carbocycles. The average Bonchev–Trinajstić information content (AvgIpc) is 3.41. The van der Waals surface area contributed by atoms with Gasteiger partial charge in [0.2, 0.25) is 0 Å². The summed E-state index contributed by atoms with van der Waals surface area (Å²) in [6, 6.07) is 9.95. The number of hydrogen-bond donors (Lipinski definition) is 1. The maximum absolute atomic E-state index is 13.5. The van der Waals surface area contributed by atoms with Crippen molar-refractivity contribution in [2.75, 3.05) is 13.2 Å². The van der Waals surface area contributed by atoms with Gasteiger partial charge < -0.3 is 14.6 Å². The maximum Gasteiger partial charge on any atom is 0.341 e.